The molecule has 2 aromatic carbocycles. The number of rotatable bonds is 6. The molecule has 1 aromatic heterocycles. The van der Waals surface area contributed by atoms with Gasteiger partial charge in [-0.3, -0.25) is 9.59 Å². The third-order valence-corrected chi connectivity index (χ3v) is 4.72. The molecule has 0 saturated carbocycles. The lowest BCUT2D eigenvalue weighted by Crippen LogP contribution is -2.28. The Morgan fingerprint density at radius 2 is 1.83 bits per heavy atom. The van der Waals surface area contributed by atoms with E-state index in [2.05, 4.69) is 0 Å². The minimum atomic E-state index is -0.557. The summed E-state index contributed by atoms with van der Waals surface area (Å²) >= 11 is 0. The van der Waals surface area contributed by atoms with E-state index in [0.29, 0.717) is 23.0 Å². The van der Waals surface area contributed by atoms with E-state index >= 15 is 0 Å². The SMILES string of the molecule is CC(C)Cn1c(CN)c(-c2ccc(F)cc2)c2cc(/C=C/C(N)=O)ccc2c1=O. The van der Waals surface area contributed by atoms with Crippen LogP contribution in [0.1, 0.15) is 25.1 Å². The van der Waals surface area contributed by atoms with Gasteiger partial charge in [-0.2, -0.15) is 0 Å². The van der Waals surface area contributed by atoms with Gasteiger partial charge in [0.1, 0.15) is 5.82 Å². The average molecular weight is 393 g/mol. The number of carbonyl (C=O) groups excluding carboxylic acids is 1. The number of amides is 1. The largest absolute Gasteiger partial charge is 0.366 e. The van der Waals surface area contributed by atoms with Gasteiger partial charge < -0.3 is 16.0 Å². The van der Waals surface area contributed by atoms with Crippen LogP contribution in [0.5, 0.6) is 0 Å². The van der Waals surface area contributed by atoms with Crippen LogP contribution in [0.2, 0.25) is 0 Å². The highest BCUT2D eigenvalue weighted by atomic mass is 19.1. The van der Waals surface area contributed by atoms with Crippen LogP contribution < -0.4 is 17.0 Å². The fourth-order valence-electron chi connectivity index (χ4n) is 3.50. The van der Waals surface area contributed by atoms with E-state index in [1.807, 2.05) is 19.9 Å². The molecular formula is C23H24FN3O2. The van der Waals surface area contributed by atoms with Gasteiger partial charge >= 0.3 is 0 Å². The summed E-state index contributed by atoms with van der Waals surface area (Å²) in [5.41, 5.74) is 14.1. The number of halogens is 1. The zero-order valence-corrected chi connectivity index (χ0v) is 16.5. The molecule has 0 aliphatic heterocycles. The highest BCUT2D eigenvalue weighted by Crippen LogP contribution is 2.32. The molecule has 6 heteroatoms. The van der Waals surface area contributed by atoms with Crippen molar-refractivity contribution in [3.63, 3.8) is 0 Å². The van der Waals surface area contributed by atoms with Crippen LogP contribution in [0.15, 0.2) is 53.3 Å². The molecule has 29 heavy (non-hydrogen) atoms. The molecule has 0 radical (unpaired) electrons. The van der Waals surface area contributed by atoms with E-state index in [-0.39, 0.29) is 23.8 Å². The molecule has 1 amide bonds. The lowest BCUT2D eigenvalue weighted by molar-refractivity contribution is -0.113. The second-order valence-electron chi connectivity index (χ2n) is 7.38. The number of nitrogens with zero attached hydrogens (tertiary/aromatic N) is 1. The minimum Gasteiger partial charge on any atom is -0.366 e. The quantitative estimate of drug-likeness (QED) is 0.629. The topological polar surface area (TPSA) is 91.1 Å². The molecule has 5 nitrogen and oxygen atoms in total. The number of carbonyl (C=O) groups is 1. The Balaban J connectivity index is 2.41. The van der Waals surface area contributed by atoms with Gasteiger partial charge in [0.15, 0.2) is 0 Å². The standard InChI is InChI=1S/C23H24FN3O2/c1-14(2)13-27-20(12-25)22(16-5-7-17(24)8-6-16)19-11-15(4-10-21(26)28)3-9-18(19)23(27)29/h3-11,14H,12-13,25H2,1-2H3,(H2,26,28)/b10-4+. The predicted octanol–water partition coefficient (Wildman–Crippen LogP) is 3.42. The second-order valence-corrected chi connectivity index (χ2v) is 7.38. The zero-order chi connectivity index (χ0) is 21.1. The molecule has 1 heterocycles. The number of aromatic nitrogens is 1. The summed E-state index contributed by atoms with van der Waals surface area (Å²) in [7, 11) is 0. The molecule has 4 N–H and O–H groups in total. The summed E-state index contributed by atoms with van der Waals surface area (Å²) in [5, 5.41) is 1.24. The van der Waals surface area contributed by atoms with Crippen molar-refractivity contribution in [2.24, 2.45) is 17.4 Å². The first-order valence-electron chi connectivity index (χ1n) is 9.44. The molecule has 0 bridgehead atoms. The molecule has 150 valence electrons. The third-order valence-electron chi connectivity index (χ3n) is 4.72. The number of pyridine rings is 1. The first-order valence-corrected chi connectivity index (χ1v) is 9.44. The van der Waals surface area contributed by atoms with Gasteiger partial charge in [0.05, 0.1) is 0 Å². The Morgan fingerprint density at radius 1 is 1.14 bits per heavy atom. The van der Waals surface area contributed by atoms with Crippen molar-refractivity contribution in [2.75, 3.05) is 0 Å². The summed E-state index contributed by atoms with van der Waals surface area (Å²) in [6.45, 7) is 4.75. The predicted molar refractivity (Wildman–Crippen MR) is 115 cm³/mol. The van der Waals surface area contributed by atoms with Crippen LogP contribution in [0.3, 0.4) is 0 Å². The third kappa shape index (κ3) is 4.27. The zero-order valence-electron chi connectivity index (χ0n) is 16.5. The van der Waals surface area contributed by atoms with Crippen molar-refractivity contribution in [3.8, 4) is 11.1 Å². The van der Waals surface area contributed by atoms with Crippen LogP contribution in [0.4, 0.5) is 4.39 Å². The van der Waals surface area contributed by atoms with Crippen molar-refractivity contribution in [3.05, 3.63) is 76.0 Å². The van der Waals surface area contributed by atoms with E-state index in [9.17, 15) is 14.0 Å². The monoisotopic (exact) mass is 393 g/mol. The van der Waals surface area contributed by atoms with Crippen LogP contribution >= 0.6 is 0 Å². The number of fused-ring (bicyclic) bond motifs is 1. The van der Waals surface area contributed by atoms with Gasteiger partial charge in [-0.1, -0.05) is 32.0 Å². The van der Waals surface area contributed by atoms with Gasteiger partial charge in [0.2, 0.25) is 5.91 Å². The fourth-order valence-corrected chi connectivity index (χ4v) is 3.50. The number of hydrogen-bond donors (Lipinski definition) is 2. The fraction of sp³-hybridized carbons (Fsp3) is 0.217. The van der Waals surface area contributed by atoms with Crippen LogP contribution in [-0.2, 0) is 17.9 Å². The minimum absolute atomic E-state index is 0.120. The van der Waals surface area contributed by atoms with Crippen molar-refractivity contribution in [1.29, 1.82) is 0 Å². The molecule has 0 fully saturated rings. The number of hydrogen-bond acceptors (Lipinski definition) is 3. The summed E-state index contributed by atoms with van der Waals surface area (Å²) in [5.74, 6) is -0.652. The molecule has 0 spiro atoms. The Hall–Kier alpha value is -3.25. The first-order chi connectivity index (χ1) is 13.8. The summed E-state index contributed by atoms with van der Waals surface area (Å²) in [6.07, 6.45) is 2.86. The van der Waals surface area contributed by atoms with Gasteiger partial charge in [0.25, 0.3) is 5.56 Å². The Labute approximate surface area is 168 Å². The smallest absolute Gasteiger partial charge is 0.258 e. The average Bonchev–Trinajstić information content (AvgIpc) is 2.68. The normalized spacial score (nSPS) is 11.6. The molecule has 3 aromatic rings. The molecule has 0 aliphatic rings. The Morgan fingerprint density at radius 3 is 2.41 bits per heavy atom. The Bertz CT molecular complexity index is 1150. The van der Waals surface area contributed by atoms with Gasteiger partial charge in [0, 0.05) is 35.8 Å². The Kier molecular flexibility index (Phi) is 5.94. The molecular weight excluding hydrogens is 369 g/mol. The number of primary amides is 1. The number of benzene rings is 2. The van der Waals surface area contributed by atoms with E-state index in [1.165, 1.54) is 18.2 Å². The molecule has 3 rings (SSSR count). The van der Waals surface area contributed by atoms with Crippen molar-refractivity contribution in [2.45, 2.75) is 26.9 Å². The number of nitrogens with two attached hydrogens (primary N) is 2. The maximum atomic E-state index is 13.5. The van der Waals surface area contributed by atoms with Gasteiger partial charge in [-0.15, -0.1) is 0 Å². The van der Waals surface area contributed by atoms with Crippen molar-refractivity contribution < 1.29 is 9.18 Å². The second kappa shape index (κ2) is 8.41. The van der Waals surface area contributed by atoms with E-state index in [1.54, 1.807) is 34.9 Å². The first kappa shape index (κ1) is 20.5. The van der Waals surface area contributed by atoms with Crippen LogP contribution in [-0.4, -0.2) is 10.5 Å². The van der Waals surface area contributed by atoms with Crippen molar-refractivity contribution in [1.82, 2.24) is 4.57 Å². The summed E-state index contributed by atoms with van der Waals surface area (Å²) < 4.78 is 15.2. The molecule has 0 atom stereocenters. The van der Waals surface area contributed by atoms with Gasteiger partial charge in [-0.05, 0) is 52.8 Å². The van der Waals surface area contributed by atoms with Crippen LogP contribution in [0.25, 0.3) is 28.0 Å². The molecule has 0 unspecified atom stereocenters. The maximum absolute atomic E-state index is 13.5. The summed E-state index contributed by atoms with van der Waals surface area (Å²) in [4.78, 5) is 24.3. The van der Waals surface area contributed by atoms with E-state index < -0.39 is 5.91 Å². The van der Waals surface area contributed by atoms with Crippen LogP contribution in [0, 0.1) is 11.7 Å². The van der Waals surface area contributed by atoms with E-state index in [4.69, 9.17) is 11.5 Å². The molecule has 0 saturated heterocycles. The lowest BCUT2D eigenvalue weighted by Gasteiger charge is -2.21. The lowest BCUT2D eigenvalue weighted by atomic mass is 9.94. The highest BCUT2D eigenvalue weighted by Gasteiger charge is 2.18. The highest BCUT2D eigenvalue weighted by molar-refractivity contribution is 5.99. The molecule has 0 aliphatic carbocycles. The maximum Gasteiger partial charge on any atom is 0.258 e. The van der Waals surface area contributed by atoms with E-state index in [0.717, 1.165) is 16.7 Å². The van der Waals surface area contributed by atoms with Gasteiger partial charge in [-0.25, -0.2) is 4.39 Å². The van der Waals surface area contributed by atoms with Crippen molar-refractivity contribution >= 4 is 22.8 Å². The summed E-state index contributed by atoms with van der Waals surface area (Å²) in [6, 6.07) is 11.5.